The van der Waals surface area contributed by atoms with Gasteiger partial charge in [0.05, 0.1) is 30.1 Å². The van der Waals surface area contributed by atoms with Gasteiger partial charge in [-0.05, 0) is 18.2 Å². The van der Waals surface area contributed by atoms with Crippen LogP contribution < -0.4 is 9.64 Å². The Morgan fingerprint density at radius 1 is 1.16 bits per heavy atom. The fourth-order valence-corrected chi connectivity index (χ4v) is 3.51. The van der Waals surface area contributed by atoms with Crippen molar-refractivity contribution >= 4 is 34.5 Å². The van der Waals surface area contributed by atoms with Gasteiger partial charge in [0.2, 0.25) is 0 Å². The van der Waals surface area contributed by atoms with Gasteiger partial charge < -0.3 is 14.5 Å². The van der Waals surface area contributed by atoms with Crippen LogP contribution in [0.1, 0.15) is 10.4 Å². The van der Waals surface area contributed by atoms with Crippen molar-refractivity contribution in [3.63, 3.8) is 0 Å². The Hall–Kier alpha value is -2.74. The van der Waals surface area contributed by atoms with E-state index in [2.05, 4.69) is 18.6 Å². The summed E-state index contributed by atoms with van der Waals surface area (Å²) in [6.07, 6.45) is 1.58. The highest BCUT2D eigenvalue weighted by atomic mass is 32.1. The highest BCUT2D eigenvalue weighted by Gasteiger charge is 2.24. The van der Waals surface area contributed by atoms with E-state index in [0.717, 1.165) is 36.3 Å². The second-order valence-corrected chi connectivity index (χ2v) is 6.31. The monoisotopic (exact) mass is 355 g/mol. The number of nitrogens with zero attached hydrogens (tertiary/aromatic N) is 5. The van der Waals surface area contributed by atoms with Gasteiger partial charge in [0.15, 0.2) is 5.65 Å². The van der Waals surface area contributed by atoms with Crippen LogP contribution in [0.15, 0.2) is 36.5 Å². The Balaban J connectivity index is 1.46. The van der Waals surface area contributed by atoms with E-state index in [1.54, 1.807) is 19.4 Å². The summed E-state index contributed by atoms with van der Waals surface area (Å²) in [5.41, 5.74) is 2.88. The molecule has 3 heterocycles. The van der Waals surface area contributed by atoms with E-state index in [4.69, 9.17) is 4.74 Å². The van der Waals surface area contributed by atoms with Gasteiger partial charge in [0.1, 0.15) is 11.3 Å². The van der Waals surface area contributed by atoms with E-state index < -0.39 is 0 Å². The maximum absolute atomic E-state index is 12.7. The quantitative estimate of drug-likeness (QED) is 0.716. The molecule has 2 aromatic heterocycles. The first-order valence-corrected chi connectivity index (χ1v) is 8.75. The van der Waals surface area contributed by atoms with E-state index in [-0.39, 0.29) is 5.91 Å². The number of methoxy groups -OCH3 is 1. The van der Waals surface area contributed by atoms with Crippen LogP contribution in [0.5, 0.6) is 5.75 Å². The molecule has 7 nitrogen and oxygen atoms in total. The van der Waals surface area contributed by atoms with Crippen LogP contribution in [0.2, 0.25) is 0 Å². The minimum Gasteiger partial charge on any atom is -0.495 e. The zero-order valence-corrected chi connectivity index (χ0v) is 14.6. The third-order valence-corrected chi connectivity index (χ3v) is 4.89. The van der Waals surface area contributed by atoms with Crippen molar-refractivity contribution in [1.29, 1.82) is 0 Å². The van der Waals surface area contributed by atoms with E-state index in [0.29, 0.717) is 29.8 Å². The molecule has 1 amide bonds. The summed E-state index contributed by atoms with van der Waals surface area (Å²) in [5, 5.41) is 0. The smallest absolute Gasteiger partial charge is 0.255 e. The first-order valence-electron chi connectivity index (χ1n) is 8.02. The first kappa shape index (κ1) is 15.8. The molecule has 0 N–H and O–H groups in total. The highest BCUT2D eigenvalue weighted by Crippen LogP contribution is 2.28. The Labute approximate surface area is 149 Å². The molecule has 0 spiro atoms. The summed E-state index contributed by atoms with van der Waals surface area (Å²) in [6, 6.07) is 9.72. The van der Waals surface area contributed by atoms with Crippen LogP contribution in [-0.2, 0) is 0 Å². The number of anilines is 1. The minimum atomic E-state index is -0.0120. The van der Waals surface area contributed by atoms with E-state index >= 15 is 0 Å². The molecular formula is C17H17N5O2S. The van der Waals surface area contributed by atoms with Crippen LogP contribution in [0.4, 0.5) is 5.69 Å². The Morgan fingerprint density at radius 3 is 2.76 bits per heavy atom. The summed E-state index contributed by atoms with van der Waals surface area (Å²) >= 11 is 1.10. The van der Waals surface area contributed by atoms with Gasteiger partial charge in [-0.3, -0.25) is 4.79 Å². The van der Waals surface area contributed by atoms with Crippen molar-refractivity contribution in [2.75, 3.05) is 38.2 Å². The Bertz CT molecular complexity index is 905. The average Bonchev–Trinajstić information content (AvgIpc) is 3.15. The zero-order chi connectivity index (χ0) is 17.2. The molecule has 1 aromatic carbocycles. The van der Waals surface area contributed by atoms with E-state index in [9.17, 15) is 4.79 Å². The minimum absolute atomic E-state index is 0.0120. The molecule has 0 radical (unpaired) electrons. The number of hydrogen-bond donors (Lipinski definition) is 0. The fraction of sp³-hybridized carbons (Fsp3) is 0.294. The number of amides is 1. The van der Waals surface area contributed by atoms with Crippen LogP contribution >= 0.6 is 11.7 Å². The SMILES string of the molecule is COc1ccccc1N1CCN(C(=O)c2cnc3nsnc3c2)CC1. The van der Waals surface area contributed by atoms with E-state index in [1.807, 2.05) is 29.2 Å². The number of fused-ring (bicyclic) bond motifs is 1. The number of rotatable bonds is 3. The molecule has 4 rings (SSSR count). The summed E-state index contributed by atoms with van der Waals surface area (Å²) < 4.78 is 13.7. The van der Waals surface area contributed by atoms with Crippen molar-refractivity contribution in [2.45, 2.75) is 0 Å². The number of para-hydroxylation sites is 2. The normalized spacial score (nSPS) is 14.8. The van der Waals surface area contributed by atoms with E-state index in [1.165, 1.54) is 0 Å². The van der Waals surface area contributed by atoms with Gasteiger partial charge in [-0.15, -0.1) is 0 Å². The predicted octanol–water partition coefficient (Wildman–Crippen LogP) is 2.06. The Kier molecular flexibility index (Phi) is 4.19. The topological polar surface area (TPSA) is 71.5 Å². The molecule has 0 bridgehead atoms. The predicted molar refractivity (Wildman–Crippen MR) is 96.3 cm³/mol. The lowest BCUT2D eigenvalue weighted by atomic mass is 10.2. The summed E-state index contributed by atoms with van der Waals surface area (Å²) in [7, 11) is 1.68. The summed E-state index contributed by atoms with van der Waals surface area (Å²) in [6.45, 7) is 2.84. The van der Waals surface area contributed by atoms with Gasteiger partial charge in [-0.25, -0.2) is 4.98 Å². The maximum atomic E-state index is 12.7. The zero-order valence-electron chi connectivity index (χ0n) is 13.8. The lowest BCUT2D eigenvalue weighted by Crippen LogP contribution is -2.48. The molecular weight excluding hydrogens is 338 g/mol. The van der Waals surface area contributed by atoms with Crippen molar-refractivity contribution in [1.82, 2.24) is 18.6 Å². The number of carbonyl (C=O) groups excluding carboxylic acids is 1. The molecule has 1 fully saturated rings. The van der Waals surface area contributed by atoms with Crippen LogP contribution in [0, 0.1) is 0 Å². The van der Waals surface area contributed by atoms with Crippen LogP contribution in [0.3, 0.4) is 0 Å². The molecule has 0 saturated carbocycles. The number of benzene rings is 1. The molecule has 1 aliphatic heterocycles. The van der Waals surface area contributed by atoms with Gasteiger partial charge in [0, 0.05) is 32.4 Å². The number of ether oxygens (including phenoxy) is 1. The molecule has 128 valence electrons. The third-order valence-electron chi connectivity index (χ3n) is 4.35. The van der Waals surface area contributed by atoms with Gasteiger partial charge in [-0.2, -0.15) is 8.75 Å². The second kappa shape index (κ2) is 6.64. The van der Waals surface area contributed by atoms with Gasteiger partial charge in [0.25, 0.3) is 5.91 Å². The molecule has 1 saturated heterocycles. The van der Waals surface area contributed by atoms with Gasteiger partial charge in [-0.1, -0.05) is 12.1 Å². The van der Waals surface area contributed by atoms with Gasteiger partial charge >= 0.3 is 0 Å². The molecule has 0 unspecified atom stereocenters. The molecule has 0 atom stereocenters. The largest absolute Gasteiger partial charge is 0.495 e. The standard InChI is InChI=1S/C17H17N5O2S/c1-24-15-5-3-2-4-14(15)21-6-8-22(9-7-21)17(23)12-10-13-16(18-11-12)20-25-19-13/h2-5,10-11H,6-9H2,1H3. The fourth-order valence-electron chi connectivity index (χ4n) is 3.03. The number of piperazine rings is 1. The van der Waals surface area contributed by atoms with Crippen molar-refractivity contribution in [3.8, 4) is 5.75 Å². The molecule has 8 heteroatoms. The highest BCUT2D eigenvalue weighted by molar-refractivity contribution is 7.00. The summed E-state index contributed by atoms with van der Waals surface area (Å²) in [5.74, 6) is 0.843. The average molecular weight is 355 g/mol. The molecule has 3 aromatic rings. The molecule has 1 aliphatic rings. The second-order valence-electron chi connectivity index (χ2n) is 5.78. The Morgan fingerprint density at radius 2 is 1.96 bits per heavy atom. The van der Waals surface area contributed by atoms with Crippen LogP contribution in [-0.4, -0.2) is 57.8 Å². The third kappa shape index (κ3) is 3.00. The first-order chi connectivity index (χ1) is 12.3. The van der Waals surface area contributed by atoms with Crippen molar-refractivity contribution in [2.24, 2.45) is 0 Å². The molecule has 0 aliphatic carbocycles. The maximum Gasteiger partial charge on any atom is 0.255 e. The van der Waals surface area contributed by atoms with Crippen LogP contribution in [0.25, 0.3) is 11.2 Å². The molecule has 25 heavy (non-hydrogen) atoms. The van der Waals surface area contributed by atoms with Crippen molar-refractivity contribution < 1.29 is 9.53 Å². The number of hydrogen-bond acceptors (Lipinski definition) is 7. The lowest BCUT2D eigenvalue weighted by molar-refractivity contribution is 0.0746. The number of aromatic nitrogens is 3. The summed E-state index contributed by atoms with van der Waals surface area (Å²) in [4.78, 5) is 21.0. The lowest BCUT2D eigenvalue weighted by Gasteiger charge is -2.36. The number of pyridine rings is 1. The number of carbonyl (C=O) groups is 1. The van der Waals surface area contributed by atoms with Crippen molar-refractivity contribution in [3.05, 3.63) is 42.1 Å².